The zero-order chi connectivity index (χ0) is 10.6. The molecule has 0 aliphatic carbocycles. The van der Waals surface area contributed by atoms with Crippen LogP contribution in [0.15, 0.2) is 24.3 Å². The first-order chi connectivity index (χ1) is 6.58. The van der Waals surface area contributed by atoms with Gasteiger partial charge in [0.25, 0.3) is 0 Å². The molecule has 1 rings (SSSR count). The van der Waals surface area contributed by atoms with Crippen molar-refractivity contribution < 1.29 is 0 Å². The van der Waals surface area contributed by atoms with Crippen molar-refractivity contribution in [3.05, 3.63) is 34.9 Å². The van der Waals surface area contributed by atoms with Gasteiger partial charge in [0.2, 0.25) is 0 Å². The average Bonchev–Trinajstić information content (AvgIpc) is 2.01. The predicted molar refractivity (Wildman–Crippen MR) is 64.3 cm³/mol. The topological polar surface area (TPSA) is 0 Å². The highest BCUT2D eigenvalue weighted by molar-refractivity contribution is 6.30. The third kappa shape index (κ3) is 4.34. The summed E-state index contributed by atoms with van der Waals surface area (Å²) in [5.41, 5.74) is 1.22. The van der Waals surface area contributed by atoms with E-state index in [1.807, 2.05) is 18.2 Å². The smallest absolute Gasteiger partial charge is 0.0408 e. The molecule has 0 amide bonds. The van der Waals surface area contributed by atoms with E-state index in [2.05, 4.69) is 19.9 Å². The molecule has 0 nitrogen and oxygen atoms in total. The van der Waals surface area contributed by atoms with E-state index in [1.54, 1.807) is 0 Å². The minimum absolute atomic E-state index is 0.216. The maximum absolute atomic E-state index is 6.22. The van der Waals surface area contributed by atoms with Gasteiger partial charge in [-0.2, -0.15) is 0 Å². The lowest BCUT2D eigenvalue weighted by Crippen LogP contribution is -2.06. The minimum Gasteiger partial charge on any atom is -0.123 e. The summed E-state index contributed by atoms with van der Waals surface area (Å²) in [6.07, 6.45) is 1.95. The molecular formula is C12H16Cl2. The molecule has 14 heavy (non-hydrogen) atoms. The van der Waals surface area contributed by atoms with Crippen molar-refractivity contribution in [3.8, 4) is 0 Å². The molecule has 0 aliphatic rings. The first-order valence-corrected chi connectivity index (χ1v) is 5.78. The summed E-state index contributed by atoms with van der Waals surface area (Å²) >= 11 is 12.1. The number of benzene rings is 1. The van der Waals surface area contributed by atoms with Crippen molar-refractivity contribution in [2.45, 2.75) is 32.1 Å². The molecule has 2 heteroatoms. The molecule has 0 heterocycles. The molecule has 0 radical (unpaired) electrons. The molecule has 0 spiro atoms. The van der Waals surface area contributed by atoms with E-state index in [0.29, 0.717) is 5.92 Å². The molecule has 0 fully saturated rings. The monoisotopic (exact) mass is 230 g/mol. The lowest BCUT2D eigenvalue weighted by Gasteiger charge is -2.11. The third-order valence-corrected chi connectivity index (χ3v) is 2.64. The van der Waals surface area contributed by atoms with Crippen molar-refractivity contribution in [2.24, 2.45) is 5.92 Å². The molecule has 78 valence electrons. The van der Waals surface area contributed by atoms with Crippen LogP contribution in [0.1, 0.15) is 25.8 Å². The van der Waals surface area contributed by atoms with Crippen molar-refractivity contribution in [2.75, 3.05) is 0 Å². The lowest BCUT2D eigenvalue weighted by molar-refractivity contribution is 0.561. The summed E-state index contributed by atoms with van der Waals surface area (Å²) in [7, 11) is 0. The lowest BCUT2D eigenvalue weighted by atomic mass is 10.0. The van der Waals surface area contributed by atoms with Crippen LogP contribution in [0.4, 0.5) is 0 Å². The van der Waals surface area contributed by atoms with Gasteiger partial charge in [0, 0.05) is 10.4 Å². The van der Waals surface area contributed by atoms with E-state index in [9.17, 15) is 0 Å². The molecule has 0 N–H and O–H groups in total. The number of halogens is 2. The molecule has 1 aromatic rings. The first kappa shape index (κ1) is 11.9. The summed E-state index contributed by atoms with van der Waals surface area (Å²) in [6, 6.07) is 7.91. The highest BCUT2D eigenvalue weighted by Crippen LogP contribution is 2.18. The zero-order valence-corrected chi connectivity index (χ0v) is 10.1. The number of rotatable bonds is 4. The fourth-order valence-electron chi connectivity index (χ4n) is 1.51. The van der Waals surface area contributed by atoms with Crippen LogP contribution in [0, 0.1) is 5.92 Å². The molecule has 0 aromatic heterocycles. The van der Waals surface area contributed by atoms with Gasteiger partial charge in [-0.15, -0.1) is 11.6 Å². The van der Waals surface area contributed by atoms with Crippen molar-refractivity contribution in [1.82, 2.24) is 0 Å². The molecular weight excluding hydrogens is 215 g/mol. The second-order valence-electron chi connectivity index (χ2n) is 4.06. The van der Waals surface area contributed by atoms with Crippen LogP contribution in [0.2, 0.25) is 5.02 Å². The quantitative estimate of drug-likeness (QED) is 0.667. The zero-order valence-electron chi connectivity index (χ0n) is 8.63. The predicted octanol–water partition coefficient (Wildman–Crippen LogP) is 4.54. The molecule has 0 saturated heterocycles. The van der Waals surface area contributed by atoms with E-state index in [0.717, 1.165) is 17.9 Å². The van der Waals surface area contributed by atoms with Gasteiger partial charge < -0.3 is 0 Å². The fraction of sp³-hybridized carbons (Fsp3) is 0.500. The van der Waals surface area contributed by atoms with Crippen LogP contribution in [0.25, 0.3) is 0 Å². The molecule has 1 aromatic carbocycles. The Labute approximate surface area is 96.2 Å². The largest absolute Gasteiger partial charge is 0.123 e. The van der Waals surface area contributed by atoms with Crippen molar-refractivity contribution >= 4 is 23.2 Å². The third-order valence-electron chi connectivity index (χ3n) is 2.07. The first-order valence-electron chi connectivity index (χ1n) is 4.96. The van der Waals surface area contributed by atoms with Crippen LogP contribution in [-0.4, -0.2) is 5.38 Å². The van der Waals surface area contributed by atoms with Crippen LogP contribution in [0.3, 0.4) is 0 Å². The minimum atomic E-state index is 0.216. The van der Waals surface area contributed by atoms with Crippen LogP contribution >= 0.6 is 23.2 Å². The Hall–Kier alpha value is -0.200. The Morgan fingerprint density at radius 1 is 1.29 bits per heavy atom. The second-order valence-corrected chi connectivity index (χ2v) is 5.11. The van der Waals surface area contributed by atoms with Crippen LogP contribution in [0.5, 0.6) is 0 Å². The Morgan fingerprint density at radius 3 is 2.57 bits per heavy atom. The maximum Gasteiger partial charge on any atom is 0.0408 e. The summed E-state index contributed by atoms with van der Waals surface area (Å²) in [5.74, 6) is 0.650. The van der Waals surface area contributed by atoms with Gasteiger partial charge in [0.1, 0.15) is 0 Å². The normalized spacial score (nSPS) is 13.2. The van der Waals surface area contributed by atoms with E-state index in [-0.39, 0.29) is 5.38 Å². The number of hydrogen-bond donors (Lipinski definition) is 0. The summed E-state index contributed by atoms with van der Waals surface area (Å²) in [5, 5.41) is 1.00. The standard InChI is InChI=1S/C12H16Cl2/c1-9(2)6-12(14)8-10-4-3-5-11(13)7-10/h3-5,7,9,12H,6,8H2,1-2H3. The molecule has 1 atom stereocenters. The Balaban J connectivity index is 2.51. The highest BCUT2D eigenvalue weighted by Gasteiger charge is 2.08. The molecule has 0 bridgehead atoms. The van der Waals surface area contributed by atoms with Crippen LogP contribution < -0.4 is 0 Å². The molecule has 0 aliphatic heterocycles. The van der Waals surface area contributed by atoms with Crippen molar-refractivity contribution in [1.29, 1.82) is 0 Å². The van der Waals surface area contributed by atoms with E-state index in [1.165, 1.54) is 5.56 Å². The number of hydrogen-bond acceptors (Lipinski definition) is 0. The van der Waals surface area contributed by atoms with Crippen LogP contribution in [-0.2, 0) is 6.42 Å². The fourth-order valence-corrected chi connectivity index (χ4v) is 2.26. The van der Waals surface area contributed by atoms with Gasteiger partial charge >= 0.3 is 0 Å². The second kappa shape index (κ2) is 5.63. The van der Waals surface area contributed by atoms with Gasteiger partial charge in [-0.1, -0.05) is 37.6 Å². The van der Waals surface area contributed by atoms with Gasteiger partial charge in [-0.25, -0.2) is 0 Å². The Kier molecular flexibility index (Phi) is 4.77. The summed E-state index contributed by atoms with van der Waals surface area (Å²) < 4.78 is 0. The highest BCUT2D eigenvalue weighted by atomic mass is 35.5. The van der Waals surface area contributed by atoms with Gasteiger partial charge in [-0.3, -0.25) is 0 Å². The van der Waals surface area contributed by atoms with E-state index < -0.39 is 0 Å². The maximum atomic E-state index is 6.22. The average molecular weight is 231 g/mol. The Bertz CT molecular complexity index is 281. The van der Waals surface area contributed by atoms with E-state index >= 15 is 0 Å². The Morgan fingerprint density at radius 2 is 2.00 bits per heavy atom. The number of alkyl halides is 1. The summed E-state index contributed by atoms with van der Waals surface area (Å²) in [6.45, 7) is 4.38. The summed E-state index contributed by atoms with van der Waals surface area (Å²) in [4.78, 5) is 0. The SMILES string of the molecule is CC(C)CC(Cl)Cc1cccc(Cl)c1. The van der Waals surface area contributed by atoms with E-state index in [4.69, 9.17) is 23.2 Å². The van der Waals surface area contributed by atoms with Gasteiger partial charge in [0.05, 0.1) is 0 Å². The van der Waals surface area contributed by atoms with Crippen molar-refractivity contribution in [3.63, 3.8) is 0 Å². The molecule has 1 unspecified atom stereocenters. The molecule has 0 saturated carbocycles. The van der Waals surface area contributed by atoms with Gasteiger partial charge in [-0.05, 0) is 36.5 Å². The van der Waals surface area contributed by atoms with Gasteiger partial charge in [0.15, 0.2) is 0 Å².